The molecule has 0 atom stereocenters. The van der Waals surface area contributed by atoms with Crippen molar-refractivity contribution in [2.75, 3.05) is 6.54 Å². The van der Waals surface area contributed by atoms with E-state index in [1.807, 2.05) is 24.5 Å². The van der Waals surface area contributed by atoms with Crippen molar-refractivity contribution in [3.63, 3.8) is 0 Å². The third-order valence-electron chi connectivity index (χ3n) is 2.58. The summed E-state index contributed by atoms with van der Waals surface area (Å²) in [6, 6.07) is 7.68. The third kappa shape index (κ3) is 3.77. The van der Waals surface area contributed by atoms with Crippen LogP contribution in [0.4, 0.5) is 0 Å². The van der Waals surface area contributed by atoms with Gasteiger partial charge in [-0.2, -0.15) is 0 Å². The van der Waals surface area contributed by atoms with Gasteiger partial charge in [0.15, 0.2) is 0 Å². The third-order valence-corrected chi connectivity index (χ3v) is 3.16. The molecule has 0 radical (unpaired) electrons. The molecule has 2 nitrogen and oxygen atoms in total. The van der Waals surface area contributed by atoms with Crippen molar-refractivity contribution < 1.29 is 0 Å². The fraction of sp³-hybridized carbons (Fsp3) is 0.231. The number of aromatic amines is 1. The van der Waals surface area contributed by atoms with Gasteiger partial charge in [-0.3, -0.25) is 0 Å². The van der Waals surface area contributed by atoms with Gasteiger partial charge in [0.05, 0.1) is 0 Å². The van der Waals surface area contributed by atoms with Gasteiger partial charge >= 0.3 is 0 Å². The van der Waals surface area contributed by atoms with E-state index in [-0.39, 0.29) is 0 Å². The van der Waals surface area contributed by atoms with Gasteiger partial charge < -0.3 is 10.3 Å². The highest BCUT2D eigenvalue weighted by molar-refractivity contribution is 6.35. The predicted octanol–water partition coefficient (Wildman–Crippen LogP) is 3.65. The lowest BCUT2D eigenvalue weighted by atomic mass is 10.1. The van der Waals surface area contributed by atoms with Crippen LogP contribution in [0.25, 0.3) is 0 Å². The first-order chi connectivity index (χ1) is 8.25. The van der Waals surface area contributed by atoms with E-state index < -0.39 is 0 Å². The average Bonchev–Trinajstić information content (AvgIpc) is 2.79. The molecule has 2 N–H and O–H groups in total. The Morgan fingerprint density at radius 1 is 1.18 bits per heavy atom. The van der Waals surface area contributed by atoms with Crippen LogP contribution < -0.4 is 5.32 Å². The fourth-order valence-corrected chi connectivity index (χ4v) is 2.15. The first-order valence-corrected chi connectivity index (χ1v) is 6.27. The van der Waals surface area contributed by atoms with Gasteiger partial charge in [0.1, 0.15) is 0 Å². The highest BCUT2D eigenvalue weighted by Gasteiger charge is 2.01. The second-order valence-electron chi connectivity index (χ2n) is 3.88. The Bertz CT molecular complexity index is 466. The van der Waals surface area contributed by atoms with Crippen LogP contribution in [0.15, 0.2) is 36.7 Å². The van der Waals surface area contributed by atoms with E-state index in [4.69, 9.17) is 23.2 Å². The lowest BCUT2D eigenvalue weighted by Gasteiger charge is -2.06. The van der Waals surface area contributed by atoms with Crippen LogP contribution in [0.3, 0.4) is 0 Å². The molecule has 1 heterocycles. The van der Waals surface area contributed by atoms with Crippen molar-refractivity contribution in [3.05, 3.63) is 57.8 Å². The van der Waals surface area contributed by atoms with Crippen LogP contribution in [-0.2, 0) is 13.0 Å². The topological polar surface area (TPSA) is 27.8 Å². The normalized spacial score (nSPS) is 10.7. The van der Waals surface area contributed by atoms with E-state index in [0.29, 0.717) is 5.02 Å². The average molecular weight is 269 g/mol. The quantitative estimate of drug-likeness (QED) is 0.796. The fourth-order valence-electron chi connectivity index (χ4n) is 1.65. The SMILES string of the molecule is Clc1ccc(CCNCc2cc[nH]c2)c(Cl)c1. The summed E-state index contributed by atoms with van der Waals surface area (Å²) in [5, 5.41) is 4.78. The van der Waals surface area contributed by atoms with Crippen LogP contribution >= 0.6 is 23.2 Å². The van der Waals surface area contributed by atoms with Gasteiger partial charge in [0.25, 0.3) is 0 Å². The van der Waals surface area contributed by atoms with Crippen molar-refractivity contribution in [2.45, 2.75) is 13.0 Å². The van der Waals surface area contributed by atoms with E-state index >= 15 is 0 Å². The predicted molar refractivity (Wildman–Crippen MR) is 72.7 cm³/mol. The van der Waals surface area contributed by atoms with Crippen molar-refractivity contribution in [1.29, 1.82) is 0 Å². The minimum absolute atomic E-state index is 0.680. The van der Waals surface area contributed by atoms with Crippen LogP contribution in [0, 0.1) is 0 Å². The number of hydrogen-bond acceptors (Lipinski definition) is 1. The molecule has 0 aliphatic rings. The van der Waals surface area contributed by atoms with E-state index in [1.165, 1.54) is 5.56 Å². The van der Waals surface area contributed by atoms with Crippen LogP contribution in [0.1, 0.15) is 11.1 Å². The van der Waals surface area contributed by atoms with Crippen LogP contribution in [0.5, 0.6) is 0 Å². The molecule has 1 aromatic heterocycles. The summed E-state index contributed by atoms with van der Waals surface area (Å²) in [4.78, 5) is 3.03. The molecule has 0 saturated carbocycles. The Labute approximate surface area is 111 Å². The van der Waals surface area contributed by atoms with Gasteiger partial charge in [0.2, 0.25) is 0 Å². The molecular weight excluding hydrogens is 255 g/mol. The van der Waals surface area contributed by atoms with Crippen LogP contribution in [-0.4, -0.2) is 11.5 Å². The minimum Gasteiger partial charge on any atom is -0.367 e. The molecule has 0 amide bonds. The molecule has 0 fully saturated rings. The summed E-state index contributed by atoms with van der Waals surface area (Å²) >= 11 is 11.9. The first-order valence-electron chi connectivity index (χ1n) is 5.52. The number of benzene rings is 1. The molecule has 0 aliphatic heterocycles. The summed E-state index contributed by atoms with van der Waals surface area (Å²) in [6.07, 6.45) is 4.82. The summed E-state index contributed by atoms with van der Waals surface area (Å²) in [7, 11) is 0. The zero-order chi connectivity index (χ0) is 12.1. The lowest BCUT2D eigenvalue weighted by Crippen LogP contribution is -2.16. The zero-order valence-corrected chi connectivity index (χ0v) is 10.9. The second kappa shape index (κ2) is 6.10. The van der Waals surface area contributed by atoms with Gasteiger partial charge in [-0.1, -0.05) is 29.3 Å². The number of nitrogens with one attached hydrogen (secondary N) is 2. The maximum Gasteiger partial charge on any atom is 0.0453 e. The second-order valence-corrected chi connectivity index (χ2v) is 4.73. The van der Waals surface area contributed by atoms with Gasteiger partial charge in [-0.25, -0.2) is 0 Å². The van der Waals surface area contributed by atoms with E-state index in [1.54, 1.807) is 6.07 Å². The van der Waals surface area contributed by atoms with Crippen molar-refractivity contribution in [1.82, 2.24) is 10.3 Å². The molecule has 0 spiro atoms. The van der Waals surface area contributed by atoms with Crippen molar-refractivity contribution in [3.8, 4) is 0 Å². The molecule has 0 unspecified atom stereocenters. The number of rotatable bonds is 5. The number of aromatic nitrogens is 1. The highest BCUT2D eigenvalue weighted by Crippen LogP contribution is 2.21. The van der Waals surface area contributed by atoms with Crippen molar-refractivity contribution in [2.24, 2.45) is 0 Å². The Balaban J connectivity index is 1.78. The number of halogens is 2. The summed E-state index contributed by atoms with van der Waals surface area (Å²) < 4.78 is 0. The monoisotopic (exact) mass is 268 g/mol. The smallest absolute Gasteiger partial charge is 0.0453 e. The van der Waals surface area contributed by atoms with E-state index in [0.717, 1.165) is 30.1 Å². The Hall–Kier alpha value is -0.960. The van der Waals surface area contributed by atoms with E-state index in [9.17, 15) is 0 Å². The standard InChI is InChI=1S/C13H14Cl2N2/c14-12-2-1-11(13(15)7-12)4-6-17-9-10-3-5-16-8-10/h1-3,5,7-8,16-17H,4,6,9H2. The summed E-state index contributed by atoms with van der Waals surface area (Å²) in [6.45, 7) is 1.77. The molecule has 17 heavy (non-hydrogen) atoms. The van der Waals surface area contributed by atoms with E-state index in [2.05, 4.69) is 16.4 Å². The minimum atomic E-state index is 0.680. The first kappa shape index (κ1) is 12.5. The van der Waals surface area contributed by atoms with Gasteiger partial charge in [0, 0.05) is 29.0 Å². The molecule has 90 valence electrons. The number of H-pyrrole nitrogens is 1. The molecular formula is C13H14Cl2N2. The molecule has 4 heteroatoms. The highest BCUT2D eigenvalue weighted by atomic mass is 35.5. The number of hydrogen-bond donors (Lipinski definition) is 2. The summed E-state index contributed by atoms with van der Waals surface area (Å²) in [5.74, 6) is 0. The van der Waals surface area contributed by atoms with Crippen LogP contribution in [0.2, 0.25) is 10.0 Å². The van der Waals surface area contributed by atoms with Gasteiger partial charge in [-0.15, -0.1) is 0 Å². The van der Waals surface area contributed by atoms with Gasteiger partial charge in [-0.05, 0) is 42.3 Å². The molecule has 0 saturated heterocycles. The molecule has 0 bridgehead atoms. The zero-order valence-electron chi connectivity index (χ0n) is 9.34. The Morgan fingerprint density at radius 3 is 2.76 bits per heavy atom. The Morgan fingerprint density at radius 2 is 2.06 bits per heavy atom. The lowest BCUT2D eigenvalue weighted by molar-refractivity contribution is 0.687. The molecule has 2 rings (SSSR count). The van der Waals surface area contributed by atoms with Crippen molar-refractivity contribution >= 4 is 23.2 Å². The molecule has 1 aromatic carbocycles. The maximum absolute atomic E-state index is 6.09. The maximum atomic E-state index is 6.09. The molecule has 0 aliphatic carbocycles. The largest absolute Gasteiger partial charge is 0.367 e. The molecule has 2 aromatic rings. The Kier molecular flexibility index (Phi) is 4.49. The summed E-state index contributed by atoms with van der Waals surface area (Å²) in [5.41, 5.74) is 2.38.